The molecule has 2 amide bonds. The van der Waals surface area contributed by atoms with Gasteiger partial charge in [0, 0.05) is 36.1 Å². The lowest BCUT2D eigenvalue weighted by atomic mass is 10.0. The van der Waals surface area contributed by atoms with E-state index in [-0.39, 0.29) is 6.03 Å². The van der Waals surface area contributed by atoms with E-state index in [2.05, 4.69) is 21.7 Å². The Labute approximate surface area is 219 Å². The SMILES string of the molecule is CN(C)CCNC(=O)Nc1ccc(-c2ccc3ncn(-c4ccc(-c5ccc(F)cc5F)cc4)c3c2)cc1. The molecule has 0 saturated heterocycles. The number of hydrogen-bond donors (Lipinski definition) is 2. The fourth-order valence-electron chi connectivity index (χ4n) is 4.23. The molecule has 0 radical (unpaired) electrons. The molecule has 0 fully saturated rings. The number of carbonyl (C=O) groups excluding carboxylic acids is 1. The molecule has 5 rings (SSSR count). The highest BCUT2D eigenvalue weighted by molar-refractivity contribution is 5.90. The Bertz CT molecular complexity index is 1580. The minimum absolute atomic E-state index is 0.238. The molecule has 192 valence electrons. The third-order valence-corrected chi connectivity index (χ3v) is 6.26. The average molecular weight is 512 g/mol. The first-order valence-corrected chi connectivity index (χ1v) is 12.2. The van der Waals surface area contributed by atoms with Gasteiger partial charge in [-0.2, -0.15) is 0 Å². The number of aromatic nitrogens is 2. The van der Waals surface area contributed by atoms with Crippen molar-refractivity contribution in [1.82, 2.24) is 19.8 Å². The molecule has 0 aliphatic carbocycles. The molecule has 0 aliphatic heterocycles. The van der Waals surface area contributed by atoms with Crippen molar-refractivity contribution in [2.24, 2.45) is 0 Å². The molecule has 38 heavy (non-hydrogen) atoms. The fourth-order valence-corrected chi connectivity index (χ4v) is 4.23. The summed E-state index contributed by atoms with van der Waals surface area (Å²) in [5.74, 6) is -1.20. The first-order chi connectivity index (χ1) is 18.4. The predicted molar refractivity (Wildman–Crippen MR) is 147 cm³/mol. The first kappa shape index (κ1) is 25.1. The van der Waals surface area contributed by atoms with Crippen molar-refractivity contribution in [3.05, 3.63) is 103 Å². The van der Waals surface area contributed by atoms with Gasteiger partial charge in [-0.25, -0.2) is 18.6 Å². The Kier molecular flexibility index (Phi) is 7.15. The number of nitrogens with one attached hydrogen (secondary N) is 2. The standard InChI is InChI=1S/C30H27F2N5O/c1-36(2)16-15-33-30(38)35-24-9-3-20(4-10-24)22-7-14-28-29(17-22)37(19-34-28)25-11-5-21(6-12-25)26-13-8-23(31)18-27(26)32/h3-14,17-19H,15-16H2,1-2H3,(H2,33,35,38). The lowest BCUT2D eigenvalue weighted by Gasteiger charge is -2.12. The number of anilines is 1. The number of carbonyl (C=O) groups is 1. The van der Waals surface area contributed by atoms with Crippen molar-refractivity contribution in [2.45, 2.75) is 0 Å². The zero-order valence-corrected chi connectivity index (χ0v) is 21.1. The molecule has 8 heteroatoms. The summed E-state index contributed by atoms with van der Waals surface area (Å²) in [5.41, 5.74) is 6.36. The molecule has 0 atom stereocenters. The van der Waals surface area contributed by atoms with E-state index >= 15 is 0 Å². The van der Waals surface area contributed by atoms with E-state index in [1.807, 2.05) is 84.2 Å². The average Bonchev–Trinajstić information content (AvgIpc) is 3.32. The molecular formula is C30H27F2N5O. The van der Waals surface area contributed by atoms with Crippen molar-refractivity contribution in [3.63, 3.8) is 0 Å². The van der Waals surface area contributed by atoms with Gasteiger partial charge in [0.25, 0.3) is 0 Å². The molecule has 4 aromatic carbocycles. The lowest BCUT2D eigenvalue weighted by Crippen LogP contribution is -2.34. The van der Waals surface area contributed by atoms with Gasteiger partial charge in [0.1, 0.15) is 18.0 Å². The number of urea groups is 1. The molecule has 0 bridgehead atoms. The predicted octanol–water partition coefficient (Wildman–Crippen LogP) is 6.32. The summed E-state index contributed by atoms with van der Waals surface area (Å²) >= 11 is 0. The molecule has 2 N–H and O–H groups in total. The van der Waals surface area contributed by atoms with Gasteiger partial charge in [-0.05, 0) is 79.3 Å². The van der Waals surface area contributed by atoms with Gasteiger partial charge in [-0.15, -0.1) is 0 Å². The normalized spacial score (nSPS) is 11.2. The Morgan fingerprint density at radius 1 is 0.868 bits per heavy atom. The molecule has 1 aromatic heterocycles. The zero-order valence-electron chi connectivity index (χ0n) is 21.1. The third kappa shape index (κ3) is 5.55. The smallest absolute Gasteiger partial charge is 0.319 e. The third-order valence-electron chi connectivity index (χ3n) is 6.26. The molecule has 0 aliphatic rings. The van der Waals surface area contributed by atoms with E-state index in [9.17, 15) is 13.6 Å². The second-order valence-electron chi connectivity index (χ2n) is 9.25. The minimum Gasteiger partial charge on any atom is -0.337 e. The summed E-state index contributed by atoms with van der Waals surface area (Å²) < 4.78 is 29.5. The Balaban J connectivity index is 1.34. The monoisotopic (exact) mass is 511 g/mol. The number of imidazole rings is 1. The summed E-state index contributed by atoms with van der Waals surface area (Å²) in [6.07, 6.45) is 1.75. The van der Waals surface area contributed by atoms with Gasteiger partial charge >= 0.3 is 6.03 Å². The van der Waals surface area contributed by atoms with Gasteiger partial charge in [0.2, 0.25) is 0 Å². The molecule has 0 saturated carbocycles. The Morgan fingerprint density at radius 2 is 1.58 bits per heavy atom. The maximum Gasteiger partial charge on any atom is 0.319 e. The second kappa shape index (κ2) is 10.8. The highest BCUT2D eigenvalue weighted by Gasteiger charge is 2.10. The van der Waals surface area contributed by atoms with Crippen molar-refractivity contribution < 1.29 is 13.6 Å². The minimum atomic E-state index is -0.601. The van der Waals surface area contributed by atoms with E-state index in [4.69, 9.17) is 0 Å². The van der Waals surface area contributed by atoms with Gasteiger partial charge < -0.3 is 15.5 Å². The highest BCUT2D eigenvalue weighted by atomic mass is 19.1. The van der Waals surface area contributed by atoms with Crippen LogP contribution in [0.1, 0.15) is 0 Å². The number of halogens is 2. The number of rotatable bonds is 7. The number of fused-ring (bicyclic) bond motifs is 1. The number of likely N-dealkylation sites (N-methyl/N-ethyl adjacent to an activating group) is 1. The van der Waals surface area contributed by atoms with Crippen LogP contribution in [0.15, 0.2) is 91.3 Å². The maximum atomic E-state index is 14.2. The fraction of sp³-hybridized carbons (Fsp3) is 0.133. The number of nitrogens with zero attached hydrogens (tertiary/aromatic N) is 3. The highest BCUT2D eigenvalue weighted by Crippen LogP contribution is 2.29. The van der Waals surface area contributed by atoms with Crippen LogP contribution in [0.5, 0.6) is 0 Å². The molecule has 5 aromatic rings. The number of amides is 2. The van der Waals surface area contributed by atoms with Crippen LogP contribution in [0.4, 0.5) is 19.3 Å². The lowest BCUT2D eigenvalue weighted by molar-refractivity contribution is 0.250. The summed E-state index contributed by atoms with van der Waals surface area (Å²) in [5, 5.41) is 5.68. The molecule has 0 spiro atoms. The van der Waals surface area contributed by atoms with Crippen molar-refractivity contribution >= 4 is 22.8 Å². The summed E-state index contributed by atoms with van der Waals surface area (Å²) in [6.45, 7) is 1.33. The molecule has 0 unspecified atom stereocenters. The summed E-state index contributed by atoms with van der Waals surface area (Å²) in [6, 6.07) is 24.4. The number of hydrogen-bond acceptors (Lipinski definition) is 3. The van der Waals surface area contributed by atoms with E-state index in [1.54, 1.807) is 6.33 Å². The van der Waals surface area contributed by atoms with E-state index in [0.29, 0.717) is 23.4 Å². The maximum absolute atomic E-state index is 14.2. The van der Waals surface area contributed by atoms with Crippen molar-refractivity contribution in [2.75, 3.05) is 32.5 Å². The van der Waals surface area contributed by atoms with Crippen LogP contribution in [0.2, 0.25) is 0 Å². The van der Waals surface area contributed by atoms with E-state index < -0.39 is 11.6 Å². The quantitative estimate of drug-likeness (QED) is 0.269. The van der Waals surface area contributed by atoms with Gasteiger partial charge in [0.15, 0.2) is 0 Å². The van der Waals surface area contributed by atoms with E-state index in [0.717, 1.165) is 40.5 Å². The molecule has 1 heterocycles. The second-order valence-corrected chi connectivity index (χ2v) is 9.25. The number of benzene rings is 4. The van der Waals surface area contributed by atoms with Crippen molar-refractivity contribution in [3.8, 4) is 27.9 Å². The van der Waals surface area contributed by atoms with Gasteiger partial charge in [-0.1, -0.05) is 30.3 Å². The van der Waals surface area contributed by atoms with Gasteiger partial charge in [0.05, 0.1) is 11.0 Å². The summed E-state index contributed by atoms with van der Waals surface area (Å²) in [4.78, 5) is 18.6. The van der Waals surface area contributed by atoms with Crippen molar-refractivity contribution in [1.29, 1.82) is 0 Å². The summed E-state index contributed by atoms with van der Waals surface area (Å²) in [7, 11) is 3.91. The topological polar surface area (TPSA) is 62.2 Å². The van der Waals surface area contributed by atoms with Crippen LogP contribution < -0.4 is 10.6 Å². The van der Waals surface area contributed by atoms with Crippen LogP contribution in [0.3, 0.4) is 0 Å². The van der Waals surface area contributed by atoms with Crippen LogP contribution >= 0.6 is 0 Å². The van der Waals surface area contributed by atoms with Crippen LogP contribution in [-0.2, 0) is 0 Å². The van der Waals surface area contributed by atoms with Crippen LogP contribution in [-0.4, -0.2) is 47.7 Å². The first-order valence-electron chi connectivity index (χ1n) is 12.2. The Morgan fingerprint density at radius 3 is 2.29 bits per heavy atom. The van der Waals surface area contributed by atoms with Crippen LogP contribution in [0.25, 0.3) is 39.0 Å². The zero-order chi connectivity index (χ0) is 26.6. The Hall–Kier alpha value is -4.56. The molecule has 6 nitrogen and oxygen atoms in total. The van der Waals surface area contributed by atoms with E-state index in [1.165, 1.54) is 12.1 Å². The van der Waals surface area contributed by atoms with Gasteiger partial charge in [-0.3, -0.25) is 4.57 Å². The largest absolute Gasteiger partial charge is 0.337 e. The van der Waals surface area contributed by atoms with Crippen LogP contribution in [0, 0.1) is 11.6 Å². The molecular weight excluding hydrogens is 484 g/mol.